The van der Waals surface area contributed by atoms with Crippen LogP contribution in [-0.4, -0.2) is 27.9 Å². The van der Waals surface area contributed by atoms with Crippen LogP contribution in [0.2, 0.25) is 0 Å². The van der Waals surface area contributed by atoms with Crippen molar-refractivity contribution >= 4 is 11.8 Å². The molecule has 0 aliphatic rings. The summed E-state index contributed by atoms with van der Waals surface area (Å²) in [7, 11) is 0. The quantitative estimate of drug-likeness (QED) is 0.800. The molecule has 0 rings (SSSR count). The Morgan fingerprint density at radius 3 is 2.07 bits per heavy atom. The third kappa shape index (κ3) is 10.2. The van der Waals surface area contributed by atoms with Crippen LogP contribution in [0, 0.1) is 0 Å². The van der Waals surface area contributed by atoms with Crippen LogP contribution in [0.25, 0.3) is 0 Å². The fourth-order valence-electron chi connectivity index (χ4n) is 0.760. The molecule has 1 nitrogen and oxygen atoms in total. The van der Waals surface area contributed by atoms with Gasteiger partial charge < -0.3 is 5.11 Å². The van der Waals surface area contributed by atoms with Crippen LogP contribution < -0.4 is 0 Å². The van der Waals surface area contributed by atoms with E-state index >= 15 is 0 Å². The van der Waals surface area contributed by atoms with Crippen molar-refractivity contribution in [2.45, 2.75) is 50.6 Å². The Bertz CT molecular complexity index is 144. The van der Waals surface area contributed by atoms with E-state index in [1.54, 1.807) is 0 Å². The van der Waals surface area contributed by atoms with E-state index in [9.17, 15) is 18.3 Å². The maximum Gasteiger partial charge on any atom is 0.389 e. The van der Waals surface area contributed by atoms with Gasteiger partial charge in [-0.2, -0.15) is 24.9 Å². The number of thioether (sulfide) groups is 1. The van der Waals surface area contributed by atoms with Crippen LogP contribution in [0.15, 0.2) is 0 Å². The molecule has 0 aromatic heterocycles. The Morgan fingerprint density at radius 2 is 1.71 bits per heavy atom. The van der Waals surface area contributed by atoms with Crippen LogP contribution in [0.1, 0.15) is 33.6 Å². The third-order valence-electron chi connectivity index (χ3n) is 1.47. The molecule has 0 amide bonds. The summed E-state index contributed by atoms with van der Waals surface area (Å²) in [4.78, 5) is 0. The summed E-state index contributed by atoms with van der Waals surface area (Å²) < 4.78 is 35.3. The SMILES string of the molecule is CC(C)(C)SCC(O)CCC(F)(F)F. The van der Waals surface area contributed by atoms with Gasteiger partial charge in [-0.25, -0.2) is 0 Å². The Morgan fingerprint density at radius 1 is 1.21 bits per heavy atom. The number of halogens is 3. The topological polar surface area (TPSA) is 20.2 Å². The third-order valence-corrected chi connectivity index (χ3v) is 2.89. The number of rotatable bonds is 4. The van der Waals surface area contributed by atoms with Gasteiger partial charge in [0.25, 0.3) is 0 Å². The van der Waals surface area contributed by atoms with Crippen molar-refractivity contribution in [3.8, 4) is 0 Å². The van der Waals surface area contributed by atoms with E-state index in [-0.39, 0.29) is 11.2 Å². The molecule has 86 valence electrons. The first-order valence-electron chi connectivity index (χ1n) is 4.49. The van der Waals surface area contributed by atoms with Crippen molar-refractivity contribution in [1.82, 2.24) is 0 Å². The Balaban J connectivity index is 3.62. The van der Waals surface area contributed by atoms with Gasteiger partial charge in [0.2, 0.25) is 0 Å². The highest BCUT2D eigenvalue weighted by molar-refractivity contribution is 8.00. The van der Waals surface area contributed by atoms with Gasteiger partial charge >= 0.3 is 6.18 Å². The lowest BCUT2D eigenvalue weighted by atomic mass is 10.2. The van der Waals surface area contributed by atoms with Gasteiger partial charge in [0.05, 0.1) is 6.10 Å². The Labute approximate surface area is 87.1 Å². The smallest absolute Gasteiger partial charge is 0.389 e. The number of aliphatic hydroxyl groups is 1. The van der Waals surface area contributed by atoms with E-state index in [0.29, 0.717) is 5.75 Å². The Kier molecular flexibility index (Phi) is 5.30. The lowest BCUT2D eigenvalue weighted by Gasteiger charge is -2.20. The van der Waals surface area contributed by atoms with E-state index in [2.05, 4.69) is 0 Å². The molecule has 0 spiro atoms. The molecule has 1 atom stereocenters. The number of hydrogen-bond acceptors (Lipinski definition) is 2. The molecule has 5 heteroatoms. The zero-order chi connectivity index (χ0) is 11.4. The number of aliphatic hydroxyl groups excluding tert-OH is 1. The minimum Gasteiger partial charge on any atom is -0.392 e. The molecule has 14 heavy (non-hydrogen) atoms. The van der Waals surface area contributed by atoms with Crippen LogP contribution in [-0.2, 0) is 0 Å². The molecule has 0 saturated heterocycles. The predicted octanol–water partition coefficient (Wildman–Crippen LogP) is 3.22. The van der Waals surface area contributed by atoms with Gasteiger partial charge in [-0.15, -0.1) is 0 Å². The first-order chi connectivity index (χ1) is 6.10. The maximum atomic E-state index is 11.8. The van der Waals surface area contributed by atoms with E-state index in [4.69, 9.17) is 0 Å². The van der Waals surface area contributed by atoms with E-state index in [1.807, 2.05) is 20.8 Å². The monoisotopic (exact) mass is 230 g/mol. The average molecular weight is 230 g/mol. The second-order valence-electron chi connectivity index (χ2n) is 4.23. The number of alkyl halides is 3. The van der Waals surface area contributed by atoms with Crippen LogP contribution in [0.3, 0.4) is 0 Å². The molecule has 0 heterocycles. The summed E-state index contributed by atoms with van der Waals surface area (Å²) in [5.41, 5.74) is 0. The molecule has 1 unspecified atom stereocenters. The average Bonchev–Trinajstić information content (AvgIpc) is 1.94. The van der Waals surface area contributed by atoms with Gasteiger partial charge in [0, 0.05) is 16.9 Å². The van der Waals surface area contributed by atoms with E-state index in [1.165, 1.54) is 11.8 Å². The van der Waals surface area contributed by atoms with Crippen molar-refractivity contribution in [2.24, 2.45) is 0 Å². The summed E-state index contributed by atoms with van der Waals surface area (Å²) in [5.74, 6) is 0.361. The predicted molar refractivity (Wildman–Crippen MR) is 53.5 cm³/mol. The molecule has 0 aromatic carbocycles. The first-order valence-corrected chi connectivity index (χ1v) is 5.47. The molecule has 0 bridgehead atoms. The molecule has 0 radical (unpaired) electrons. The van der Waals surface area contributed by atoms with Crippen LogP contribution >= 0.6 is 11.8 Å². The summed E-state index contributed by atoms with van der Waals surface area (Å²) in [6, 6.07) is 0. The van der Waals surface area contributed by atoms with Crippen molar-refractivity contribution < 1.29 is 18.3 Å². The van der Waals surface area contributed by atoms with Gasteiger partial charge in [0.1, 0.15) is 0 Å². The van der Waals surface area contributed by atoms with Crippen LogP contribution in [0.4, 0.5) is 13.2 Å². The number of hydrogen-bond donors (Lipinski definition) is 1. The van der Waals surface area contributed by atoms with Crippen molar-refractivity contribution in [2.75, 3.05) is 5.75 Å². The lowest BCUT2D eigenvalue weighted by molar-refractivity contribution is -0.139. The molecule has 1 N–H and O–H groups in total. The lowest BCUT2D eigenvalue weighted by Crippen LogP contribution is -2.19. The van der Waals surface area contributed by atoms with Crippen molar-refractivity contribution in [3.05, 3.63) is 0 Å². The van der Waals surface area contributed by atoms with Gasteiger partial charge in [-0.1, -0.05) is 20.8 Å². The molecule has 0 fully saturated rings. The summed E-state index contributed by atoms with van der Waals surface area (Å²) in [5, 5.41) is 9.26. The van der Waals surface area contributed by atoms with Crippen molar-refractivity contribution in [1.29, 1.82) is 0 Å². The largest absolute Gasteiger partial charge is 0.392 e. The first kappa shape index (κ1) is 14.1. The van der Waals surface area contributed by atoms with Crippen LogP contribution in [0.5, 0.6) is 0 Å². The molecule has 0 aliphatic carbocycles. The summed E-state index contributed by atoms with van der Waals surface area (Å²) >= 11 is 1.47. The molecule has 0 saturated carbocycles. The second kappa shape index (κ2) is 5.26. The maximum absolute atomic E-state index is 11.8. The van der Waals surface area contributed by atoms with E-state index in [0.717, 1.165) is 0 Å². The summed E-state index contributed by atoms with van der Waals surface area (Å²) in [6.07, 6.45) is -6.13. The Hall–Kier alpha value is 0.100. The fourth-order valence-corrected chi connectivity index (χ4v) is 1.62. The van der Waals surface area contributed by atoms with Gasteiger partial charge in [-0.3, -0.25) is 0 Å². The highest BCUT2D eigenvalue weighted by atomic mass is 32.2. The standard InChI is InChI=1S/C9H17F3OS/c1-8(2,3)14-6-7(13)4-5-9(10,11)12/h7,13H,4-6H2,1-3H3. The second-order valence-corrected chi connectivity index (χ2v) is 6.08. The van der Waals surface area contributed by atoms with Gasteiger partial charge in [-0.05, 0) is 6.42 Å². The normalized spacial score (nSPS) is 15.6. The zero-order valence-corrected chi connectivity index (χ0v) is 9.50. The summed E-state index contributed by atoms with van der Waals surface area (Å²) in [6.45, 7) is 5.90. The van der Waals surface area contributed by atoms with Gasteiger partial charge in [0.15, 0.2) is 0 Å². The van der Waals surface area contributed by atoms with E-state index < -0.39 is 18.7 Å². The highest BCUT2D eigenvalue weighted by Crippen LogP contribution is 2.27. The highest BCUT2D eigenvalue weighted by Gasteiger charge is 2.28. The van der Waals surface area contributed by atoms with Crippen molar-refractivity contribution in [3.63, 3.8) is 0 Å². The molecular weight excluding hydrogens is 213 g/mol. The molecular formula is C9H17F3OS. The minimum absolute atomic E-state index is 0.0147. The fraction of sp³-hybridized carbons (Fsp3) is 1.00. The molecule has 0 aromatic rings. The zero-order valence-electron chi connectivity index (χ0n) is 8.69. The minimum atomic E-state index is -4.16. The molecule has 0 aliphatic heterocycles.